The van der Waals surface area contributed by atoms with Gasteiger partial charge in [0.25, 0.3) is 0 Å². The van der Waals surface area contributed by atoms with Crippen molar-refractivity contribution in [3.05, 3.63) is 59.7 Å². The van der Waals surface area contributed by atoms with E-state index in [0.717, 1.165) is 11.1 Å². The van der Waals surface area contributed by atoms with Crippen LogP contribution in [0, 0.1) is 11.3 Å². The summed E-state index contributed by atoms with van der Waals surface area (Å²) < 4.78 is 12.4. The van der Waals surface area contributed by atoms with E-state index < -0.39 is 6.04 Å². The number of methoxy groups -OCH3 is 2. The largest absolute Gasteiger partial charge is 0.497 e. The number of ether oxygens (including phenoxy) is 2. The molecule has 2 rings (SSSR count). The Morgan fingerprint density at radius 2 is 1.57 bits per heavy atom. The lowest BCUT2D eigenvalue weighted by molar-refractivity contribution is 0.351. The Kier molecular flexibility index (Phi) is 6.03. The zero-order valence-electron chi connectivity index (χ0n) is 13.4. The topological polar surface area (TPSA) is 45.5 Å². The zero-order valence-corrected chi connectivity index (χ0v) is 14.9. The quantitative estimate of drug-likeness (QED) is 0.690. The summed E-state index contributed by atoms with van der Waals surface area (Å²) in [6.07, 6.45) is 0. The highest BCUT2D eigenvalue weighted by molar-refractivity contribution is 9.07. The molecule has 0 spiro atoms. The minimum Gasteiger partial charge on any atom is -0.497 e. The van der Waals surface area contributed by atoms with Gasteiger partial charge in [0.05, 0.1) is 20.3 Å². The van der Waals surface area contributed by atoms with Gasteiger partial charge in [-0.15, -0.1) is 0 Å². The smallest absolute Gasteiger partial charge is 0.133 e. The molecule has 0 saturated heterocycles. The van der Waals surface area contributed by atoms with Crippen LogP contribution < -0.4 is 9.47 Å². The number of hydrogen-bond acceptors (Lipinski definition) is 4. The number of halogens is 1. The zero-order chi connectivity index (χ0) is 16.8. The van der Waals surface area contributed by atoms with Crippen molar-refractivity contribution in [1.29, 1.82) is 5.26 Å². The average molecular weight is 375 g/mol. The predicted molar refractivity (Wildman–Crippen MR) is 93.5 cm³/mol. The van der Waals surface area contributed by atoms with Crippen molar-refractivity contribution in [3.63, 3.8) is 0 Å². The Bertz CT molecular complexity index is 663. The molecule has 0 saturated carbocycles. The number of rotatable bonds is 6. The molecule has 2 atom stereocenters. The van der Waals surface area contributed by atoms with Crippen molar-refractivity contribution in [2.24, 2.45) is 0 Å². The molecule has 2 aromatic rings. The number of nitrogens with zero attached hydrogens (tertiary/aromatic N) is 2. The standard InChI is InChI=1S/C18H19BrN2O2/c1-13(14-7-5-4-6-8-14)21(19)18(12-20)15-9-16(22-2)11-17(10-15)23-3/h4-11,13,18H,1-3H3. The van der Waals surface area contributed by atoms with E-state index in [4.69, 9.17) is 9.47 Å². The van der Waals surface area contributed by atoms with E-state index in [0.29, 0.717) is 11.5 Å². The summed E-state index contributed by atoms with van der Waals surface area (Å²) in [5.41, 5.74) is 1.93. The molecule has 2 aromatic carbocycles. The van der Waals surface area contributed by atoms with E-state index in [1.807, 2.05) is 53.3 Å². The van der Waals surface area contributed by atoms with E-state index in [1.54, 1.807) is 20.3 Å². The van der Waals surface area contributed by atoms with Crippen LogP contribution in [-0.2, 0) is 0 Å². The molecule has 0 aliphatic carbocycles. The van der Waals surface area contributed by atoms with Gasteiger partial charge in [0.2, 0.25) is 0 Å². The van der Waals surface area contributed by atoms with Crippen LogP contribution in [-0.4, -0.2) is 18.1 Å². The maximum absolute atomic E-state index is 9.67. The van der Waals surface area contributed by atoms with Crippen LogP contribution >= 0.6 is 16.1 Å². The summed E-state index contributed by atoms with van der Waals surface area (Å²) in [6, 6.07) is 17.4. The van der Waals surface area contributed by atoms with Crippen molar-refractivity contribution in [2.75, 3.05) is 14.2 Å². The summed E-state index contributed by atoms with van der Waals surface area (Å²) in [5, 5.41) is 9.67. The summed E-state index contributed by atoms with van der Waals surface area (Å²) in [4.78, 5) is 0. The Balaban J connectivity index is 2.34. The van der Waals surface area contributed by atoms with Gasteiger partial charge in [0, 0.05) is 28.3 Å². The minimum absolute atomic E-state index is 0.0260. The van der Waals surface area contributed by atoms with Gasteiger partial charge in [0.15, 0.2) is 0 Å². The fraction of sp³-hybridized carbons (Fsp3) is 0.278. The fourth-order valence-corrected chi connectivity index (χ4v) is 2.92. The molecule has 0 amide bonds. The Morgan fingerprint density at radius 1 is 1.00 bits per heavy atom. The molecule has 4 nitrogen and oxygen atoms in total. The van der Waals surface area contributed by atoms with Gasteiger partial charge in [-0.05, 0) is 30.2 Å². The monoisotopic (exact) mass is 374 g/mol. The molecular formula is C18H19BrN2O2. The summed E-state index contributed by atoms with van der Waals surface area (Å²) in [5.74, 6) is 1.32. The van der Waals surface area contributed by atoms with Crippen LogP contribution in [0.1, 0.15) is 30.1 Å². The van der Waals surface area contributed by atoms with Gasteiger partial charge in [-0.3, -0.25) is 0 Å². The molecule has 5 heteroatoms. The minimum atomic E-state index is -0.478. The molecule has 0 radical (unpaired) electrons. The van der Waals surface area contributed by atoms with Crippen molar-refractivity contribution in [2.45, 2.75) is 19.0 Å². The molecule has 0 fully saturated rings. The van der Waals surface area contributed by atoms with Crippen molar-refractivity contribution in [1.82, 2.24) is 3.93 Å². The molecule has 23 heavy (non-hydrogen) atoms. The van der Waals surface area contributed by atoms with Crippen LogP contribution in [0.4, 0.5) is 0 Å². The normalized spacial score (nSPS) is 13.2. The van der Waals surface area contributed by atoms with Crippen molar-refractivity contribution < 1.29 is 9.47 Å². The SMILES string of the molecule is COc1cc(OC)cc(C(C#N)N(Br)C(C)c2ccccc2)c1. The van der Waals surface area contributed by atoms with E-state index >= 15 is 0 Å². The molecule has 0 heterocycles. The molecule has 0 aliphatic heterocycles. The Morgan fingerprint density at radius 3 is 2.04 bits per heavy atom. The maximum Gasteiger partial charge on any atom is 0.133 e. The van der Waals surface area contributed by atoms with Gasteiger partial charge in [-0.2, -0.15) is 5.26 Å². The average Bonchev–Trinajstić information content (AvgIpc) is 2.61. The Labute approximate surface area is 145 Å². The van der Waals surface area contributed by atoms with Gasteiger partial charge >= 0.3 is 0 Å². The summed E-state index contributed by atoms with van der Waals surface area (Å²) >= 11 is 3.57. The third kappa shape index (κ3) is 4.04. The second-order valence-corrected chi connectivity index (χ2v) is 5.93. The molecule has 0 N–H and O–H groups in total. The van der Waals surface area contributed by atoms with Crippen LogP contribution in [0.3, 0.4) is 0 Å². The summed E-state index contributed by atoms with van der Waals surface area (Å²) in [6.45, 7) is 2.05. The van der Waals surface area contributed by atoms with E-state index in [1.165, 1.54) is 0 Å². The number of nitriles is 1. The molecule has 120 valence electrons. The lowest BCUT2D eigenvalue weighted by Gasteiger charge is -2.27. The predicted octanol–water partition coefficient (Wildman–Crippen LogP) is 4.64. The fourth-order valence-electron chi connectivity index (χ4n) is 2.36. The Hall–Kier alpha value is -2.03. The third-order valence-electron chi connectivity index (χ3n) is 3.71. The second kappa shape index (κ2) is 8.00. The molecule has 0 aliphatic rings. The second-order valence-electron chi connectivity index (χ2n) is 5.11. The lowest BCUT2D eigenvalue weighted by Crippen LogP contribution is -2.21. The highest BCUT2D eigenvalue weighted by atomic mass is 79.9. The molecular weight excluding hydrogens is 356 g/mol. The molecule has 0 aromatic heterocycles. The maximum atomic E-state index is 9.67. The van der Waals surface area contributed by atoms with E-state index in [2.05, 4.69) is 22.2 Å². The molecule has 0 bridgehead atoms. The molecule has 2 unspecified atom stereocenters. The van der Waals surface area contributed by atoms with Gasteiger partial charge in [-0.25, -0.2) is 3.93 Å². The van der Waals surface area contributed by atoms with E-state index in [-0.39, 0.29) is 6.04 Å². The highest BCUT2D eigenvalue weighted by Crippen LogP contribution is 2.36. The van der Waals surface area contributed by atoms with Crippen LogP contribution in [0.25, 0.3) is 0 Å². The third-order valence-corrected chi connectivity index (χ3v) is 4.73. The van der Waals surface area contributed by atoms with Crippen LogP contribution in [0.15, 0.2) is 48.5 Å². The highest BCUT2D eigenvalue weighted by Gasteiger charge is 2.25. The first-order valence-electron chi connectivity index (χ1n) is 7.22. The first-order chi connectivity index (χ1) is 11.1. The van der Waals surface area contributed by atoms with Crippen LogP contribution in [0.5, 0.6) is 11.5 Å². The van der Waals surface area contributed by atoms with Crippen molar-refractivity contribution in [3.8, 4) is 17.6 Å². The van der Waals surface area contributed by atoms with Crippen LogP contribution in [0.2, 0.25) is 0 Å². The van der Waals surface area contributed by atoms with Gasteiger partial charge in [0.1, 0.15) is 17.5 Å². The van der Waals surface area contributed by atoms with E-state index in [9.17, 15) is 5.26 Å². The number of hydrogen-bond donors (Lipinski definition) is 0. The van der Waals surface area contributed by atoms with Gasteiger partial charge in [-0.1, -0.05) is 30.3 Å². The lowest BCUT2D eigenvalue weighted by atomic mass is 10.0. The first kappa shape index (κ1) is 17.3. The number of benzene rings is 2. The van der Waals surface area contributed by atoms with Gasteiger partial charge < -0.3 is 9.47 Å². The first-order valence-corrected chi connectivity index (χ1v) is 7.93. The van der Waals surface area contributed by atoms with Crippen molar-refractivity contribution >= 4 is 16.1 Å². The summed E-state index contributed by atoms with van der Waals surface area (Å²) in [7, 11) is 3.19.